The molecule has 0 saturated heterocycles. The number of hydrogen-bond acceptors (Lipinski definition) is 4. The van der Waals surface area contributed by atoms with Gasteiger partial charge in [0.1, 0.15) is 0 Å². The van der Waals surface area contributed by atoms with E-state index in [1.807, 2.05) is 24.3 Å². The van der Waals surface area contributed by atoms with Crippen molar-refractivity contribution in [3.8, 4) is 0 Å². The third-order valence-corrected chi connectivity index (χ3v) is 5.90. The van der Waals surface area contributed by atoms with E-state index in [-0.39, 0.29) is 11.9 Å². The Morgan fingerprint density at radius 2 is 1.68 bits per heavy atom. The molecule has 164 valence electrons. The zero-order valence-electron chi connectivity index (χ0n) is 18.1. The van der Waals surface area contributed by atoms with Gasteiger partial charge in [-0.05, 0) is 47.9 Å². The maximum Gasteiger partial charge on any atom is 0.239 e. The molecule has 0 spiro atoms. The molecule has 0 aliphatic carbocycles. The fourth-order valence-corrected chi connectivity index (χ4v) is 4.21. The molecular formula is C24H29N3O3S. The Hall–Kier alpha value is -2.90. The number of benzene rings is 3. The number of fused-ring (bicyclic) bond motifs is 1. The van der Waals surface area contributed by atoms with Crippen LogP contribution >= 0.6 is 0 Å². The summed E-state index contributed by atoms with van der Waals surface area (Å²) < 4.78 is 25.7. The van der Waals surface area contributed by atoms with Crippen molar-refractivity contribution >= 4 is 32.4 Å². The second-order valence-electron chi connectivity index (χ2n) is 7.77. The molecule has 31 heavy (non-hydrogen) atoms. The van der Waals surface area contributed by atoms with E-state index in [0.29, 0.717) is 25.1 Å². The summed E-state index contributed by atoms with van der Waals surface area (Å²) in [6, 6.07) is 21.4. The summed E-state index contributed by atoms with van der Waals surface area (Å²) in [6.45, 7) is 0.483. The number of para-hydroxylation sites is 1. The van der Waals surface area contributed by atoms with Crippen LogP contribution in [0.2, 0.25) is 0 Å². The van der Waals surface area contributed by atoms with Crippen LogP contribution in [0.4, 0.5) is 5.69 Å². The van der Waals surface area contributed by atoms with Crippen molar-refractivity contribution in [3.05, 3.63) is 77.9 Å². The van der Waals surface area contributed by atoms with Crippen molar-refractivity contribution in [2.75, 3.05) is 31.6 Å². The Morgan fingerprint density at radius 1 is 1.00 bits per heavy atom. The van der Waals surface area contributed by atoms with Crippen LogP contribution in [0.25, 0.3) is 10.8 Å². The number of rotatable bonds is 9. The number of nitrogens with one attached hydrogen (secondary N) is 2. The van der Waals surface area contributed by atoms with E-state index in [1.54, 1.807) is 31.1 Å². The number of carbonyl (C=O) groups is 1. The largest absolute Gasteiger partial charge is 0.344 e. The Kier molecular flexibility index (Phi) is 7.30. The van der Waals surface area contributed by atoms with Gasteiger partial charge in [0.15, 0.2) is 0 Å². The summed E-state index contributed by atoms with van der Waals surface area (Å²) in [7, 11) is 0.209. The molecule has 0 radical (unpaired) electrons. The van der Waals surface area contributed by atoms with E-state index in [0.717, 1.165) is 22.8 Å². The van der Waals surface area contributed by atoms with Gasteiger partial charge < -0.3 is 10.2 Å². The third-order valence-electron chi connectivity index (χ3n) is 5.31. The Balaban J connectivity index is 1.65. The van der Waals surface area contributed by atoms with Crippen LogP contribution in [-0.2, 0) is 27.7 Å². The number of likely N-dealkylation sites (N-methyl/N-ethyl adjacent to an activating group) is 2. The van der Waals surface area contributed by atoms with Crippen molar-refractivity contribution in [1.82, 2.24) is 10.2 Å². The predicted octanol–water partition coefficient (Wildman–Crippen LogP) is 3.04. The molecule has 0 aromatic heterocycles. The normalized spacial score (nSPS) is 12.5. The van der Waals surface area contributed by atoms with E-state index in [4.69, 9.17) is 0 Å². The summed E-state index contributed by atoms with van der Waals surface area (Å²) in [4.78, 5) is 14.7. The number of hydrogen-bond donors (Lipinski definition) is 2. The van der Waals surface area contributed by atoms with Gasteiger partial charge in [-0.1, -0.05) is 60.7 Å². The lowest BCUT2D eigenvalue weighted by molar-refractivity contribution is -0.131. The van der Waals surface area contributed by atoms with Gasteiger partial charge in [0.25, 0.3) is 0 Å². The molecule has 0 unspecified atom stereocenters. The molecule has 3 aromatic carbocycles. The van der Waals surface area contributed by atoms with Gasteiger partial charge in [0, 0.05) is 13.6 Å². The monoisotopic (exact) mass is 439 g/mol. The van der Waals surface area contributed by atoms with Crippen LogP contribution in [0.1, 0.15) is 11.1 Å². The average Bonchev–Trinajstić information content (AvgIpc) is 2.75. The van der Waals surface area contributed by atoms with Crippen LogP contribution in [0, 0.1) is 0 Å². The van der Waals surface area contributed by atoms with Crippen molar-refractivity contribution in [2.24, 2.45) is 0 Å². The van der Waals surface area contributed by atoms with E-state index in [9.17, 15) is 13.2 Å². The standard InChI is InChI=1S/C24H29N3O3S/c1-25-23(17-18-12-13-19-8-4-5-10-21(19)16-18)24(28)27(2)15-14-20-9-6-7-11-22(20)26-31(3,29)30/h4-13,16,23,25-26H,14-15,17H2,1-3H3/t23-/m1/s1. The highest BCUT2D eigenvalue weighted by atomic mass is 32.2. The molecule has 1 atom stereocenters. The lowest BCUT2D eigenvalue weighted by Gasteiger charge is -2.24. The molecule has 1 amide bonds. The second kappa shape index (κ2) is 9.94. The molecule has 0 saturated carbocycles. The van der Waals surface area contributed by atoms with Gasteiger partial charge in [-0.15, -0.1) is 0 Å². The summed E-state index contributed by atoms with van der Waals surface area (Å²) >= 11 is 0. The van der Waals surface area contributed by atoms with Gasteiger partial charge in [0.2, 0.25) is 15.9 Å². The van der Waals surface area contributed by atoms with Gasteiger partial charge in [-0.3, -0.25) is 9.52 Å². The van der Waals surface area contributed by atoms with Gasteiger partial charge >= 0.3 is 0 Å². The Bertz CT molecular complexity index is 1160. The van der Waals surface area contributed by atoms with Gasteiger partial charge in [0.05, 0.1) is 18.0 Å². The first-order valence-electron chi connectivity index (χ1n) is 10.2. The highest BCUT2D eigenvalue weighted by molar-refractivity contribution is 7.92. The van der Waals surface area contributed by atoms with E-state index in [2.05, 4.69) is 40.4 Å². The minimum atomic E-state index is -3.36. The van der Waals surface area contributed by atoms with Crippen LogP contribution in [-0.4, -0.2) is 52.2 Å². The molecule has 2 N–H and O–H groups in total. The van der Waals surface area contributed by atoms with E-state index >= 15 is 0 Å². The highest BCUT2D eigenvalue weighted by Crippen LogP contribution is 2.19. The van der Waals surface area contributed by atoms with Crippen LogP contribution in [0.5, 0.6) is 0 Å². The SMILES string of the molecule is CN[C@H](Cc1ccc2ccccc2c1)C(=O)N(C)CCc1ccccc1NS(C)(=O)=O. The minimum Gasteiger partial charge on any atom is -0.344 e. The minimum absolute atomic E-state index is 0.00390. The topological polar surface area (TPSA) is 78.5 Å². The number of carbonyl (C=O) groups excluding carboxylic acids is 1. The second-order valence-corrected chi connectivity index (χ2v) is 9.52. The van der Waals surface area contributed by atoms with Gasteiger partial charge in [-0.25, -0.2) is 8.42 Å². The van der Waals surface area contributed by atoms with Gasteiger partial charge in [-0.2, -0.15) is 0 Å². The number of nitrogens with zero attached hydrogens (tertiary/aromatic N) is 1. The fraction of sp³-hybridized carbons (Fsp3) is 0.292. The summed E-state index contributed by atoms with van der Waals surface area (Å²) in [5.74, 6) is 0.00390. The molecule has 6 nitrogen and oxygen atoms in total. The number of anilines is 1. The summed E-state index contributed by atoms with van der Waals surface area (Å²) in [5, 5.41) is 5.47. The molecular weight excluding hydrogens is 410 g/mol. The molecule has 3 aromatic rings. The van der Waals surface area contributed by atoms with Crippen molar-refractivity contribution in [1.29, 1.82) is 0 Å². The Labute approximate surface area is 184 Å². The van der Waals surface area contributed by atoms with Crippen molar-refractivity contribution < 1.29 is 13.2 Å². The molecule has 0 aliphatic heterocycles. The smallest absolute Gasteiger partial charge is 0.239 e. The number of sulfonamides is 1. The quantitative estimate of drug-likeness (QED) is 0.537. The van der Waals surface area contributed by atoms with E-state index in [1.165, 1.54) is 5.39 Å². The van der Waals surface area contributed by atoms with Crippen molar-refractivity contribution in [3.63, 3.8) is 0 Å². The lowest BCUT2D eigenvalue weighted by Crippen LogP contribution is -2.45. The maximum absolute atomic E-state index is 13.0. The molecule has 0 aliphatic rings. The van der Waals surface area contributed by atoms with Crippen molar-refractivity contribution in [2.45, 2.75) is 18.9 Å². The van der Waals surface area contributed by atoms with Crippen LogP contribution in [0.3, 0.4) is 0 Å². The number of amides is 1. The molecule has 0 bridgehead atoms. The fourth-order valence-electron chi connectivity index (χ4n) is 3.62. The Morgan fingerprint density at radius 3 is 2.39 bits per heavy atom. The molecule has 0 heterocycles. The maximum atomic E-state index is 13.0. The predicted molar refractivity (Wildman–Crippen MR) is 127 cm³/mol. The average molecular weight is 440 g/mol. The first-order valence-corrected chi connectivity index (χ1v) is 12.1. The summed E-state index contributed by atoms with van der Waals surface area (Å²) in [5.41, 5.74) is 2.50. The zero-order valence-corrected chi connectivity index (χ0v) is 18.9. The first kappa shape index (κ1) is 22.8. The van der Waals surface area contributed by atoms with Crippen LogP contribution < -0.4 is 10.0 Å². The molecule has 7 heteroatoms. The molecule has 3 rings (SSSR count). The van der Waals surface area contributed by atoms with Crippen LogP contribution in [0.15, 0.2) is 66.7 Å². The lowest BCUT2D eigenvalue weighted by atomic mass is 10.0. The first-order chi connectivity index (χ1) is 14.8. The van der Waals surface area contributed by atoms with E-state index < -0.39 is 10.0 Å². The molecule has 0 fully saturated rings. The highest BCUT2D eigenvalue weighted by Gasteiger charge is 2.21. The third kappa shape index (κ3) is 6.29. The zero-order chi connectivity index (χ0) is 22.4. The summed E-state index contributed by atoms with van der Waals surface area (Å²) in [6.07, 6.45) is 2.27.